The van der Waals surface area contributed by atoms with Crippen molar-refractivity contribution in [2.24, 2.45) is 21.3 Å². The van der Waals surface area contributed by atoms with Gasteiger partial charge in [-0.2, -0.15) is 8.57 Å². The van der Waals surface area contributed by atoms with E-state index in [1.807, 2.05) is 6.92 Å². The molecule has 0 N–H and O–H groups in total. The van der Waals surface area contributed by atoms with Crippen molar-refractivity contribution in [2.45, 2.75) is 78.8 Å². The number of hydrogen-bond donors (Lipinski definition) is 0. The number of nitrogens with zero attached hydrogens (tertiary/aromatic N) is 4. The molecule has 1 aliphatic rings. The minimum atomic E-state index is -4.80. The van der Waals surface area contributed by atoms with Crippen molar-refractivity contribution in [2.75, 3.05) is 85.8 Å². The van der Waals surface area contributed by atoms with Gasteiger partial charge in [0.25, 0.3) is 0 Å². The van der Waals surface area contributed by atoms with Gasteiger partial charge >= 0.3 is 22.3 Å². The second kappa shape index (κ2) is 27.9. The summed E-state index contributed by atoms with van der Waals surface area (Å²) in [6.07, 6.45) is -0.371. The summed E-state index contributed by atoms with van der Waals surface area (Å²) in [6, 6.07) is 4.04. The zero-order chi connectivity index (χ0) is 41.2. The van der Waals surface area contributed by atoms with Gasteiger partial charge in [0, 0.05) is 62.3 Å². The number of carbonyl (C=O) groups is 3. The lowest BCUT2D eigenvalue weighted by Gasteiger charge is -2.43. The van der Waals surface area contributed by atoms with Gasteiger partial charge in [0.05, 0.1) is 59.4 Å². The van der Waals surface area contributed by atoms with Crippen molar-refractivity contribution in [1.82, 2.24) is 0 Å². The first kappa shape index (κ1) is 48.5. The summed E-state index contributed by atoms with van der Waals surface area (Å²) in [7, 11) is -4.80. The Kier molecular flexibility index (Phi) is 24.2. The van der Waals surface area contributed by atoms with Gasteiger partial charge in [0.15, 0.2) is 17.3 Å². The first-order chi connectivity index (χ1) is 26.9. The van der Waals surface area contributed by atoms with Crippen LogP contribution in [0.4, 0.5) is 3.89 Å². The van der Waals surface area contributed by atoms with E-state index < -0.39 is 46.8 Å². The third-order valence-corrected chi connectivity index (χ3v) is 9.11. The fourth-order valence-electron chi connectivity index (χ4n) is 5.16. The quantitative estimate of drug-likeness (QED) is 0.0181. The van der Waals surface area contributed by atoms with E-state index in [-0.39, 0.29) is 74.7 Å². The van der Waals surface area contributed by atoms with Crippen molar-refractivity contribution < 1.29 is 69.3 Å². The van der Waals surface area contributed by atoms with E-state index in [9.17, 15) is 18.6 Å². The Hall–Kier alpha value is -3.62. The molecule has 318 valence electrons. The lowest BCUT2D eigenvalue weighted by atomic mass is 9.84. The third-order valence-electron chi connectivity index (χ3n) is 8.24. The molecule has 0 bridgehead atoms. The SMILES string of the molecule is CCCCOCCOCCN=S(=O)(F)Oc1cc(C(=O)CCCOCCOCCOCCN=[N+]=[N-])ccc1O[C@H]1O[C@H](COC(C)=O)[C@H](OC(C)=O)[C@H](C)[C@H]1C. The number of ketones is 1. The minimum Gasteiger partial charge on any atom is -0.463 e. The molecule has 18 nitrogen and oxygen atoms in total. The van der Waals surface area contributed by atoms with Crippen LogP contribution < -0.4 is 8.92 Å². The van der Waals surface area contributed by atoms with Gasteiger partial charge in [-0.3, -0.25) is 14.4 Å². The zero-order valence-electron chi connectivity index (χ0n) is 32.9. The molecular formula is C36H57FN4O14S. The van der Waals surface area contributed by atoms with Crippen LogP contribution in [0.5, 0.6) is 11.5 Å². The number of hydrogen-bond acceptors (Lipinski definition) is 16. The first-order valence-electron chi connectivity index (χ1n) is 18.7. The van der Waals surface area contributed by atoms with E-state index in [4.69, 9.17) is 52.3 Å². The molecule has 1 unspecified atom stereocenters. The molecule has 6 atom stereocenters. The van der Waals surface area contributed by atoms with Crippen molar-refractivity contribution in [3.63, 3.8) is 0 Å². The Morgan fingerprint density at radius 3 is 2.05 bits per heavy atom. The maximum absolute atomic E-state index is 15.4. The molecule has 2 rings (SSSR count). The van der Waals surface area contributed by atoms with E-state index in [2.05, 4.69) is 21.3 Å². The molecular weight excluding hydrogens is 763 g/mol. The van der Waals surface area contributed by atoms with Crippen LogP contribution in [0, 0.1) is 11.8 Å². The topological polar surface area (TPSA) is 222 Å². The molecule has 0 saturated carbocycles. The van der Waals surface area contributed by atoms with Gasteiger partial charge in [-0.25, -0.2) is 0 Å². The van der Waals surface area contributed by atoms with Crippen LogP contribution in [0.15, 0.2) is 27.7 Å². The van der Waals surface area contributed by atoms with E-state index in [1.54, 1.807) is 6.92 Å². The van der Waals surface area contributed by atoms with Crippen molar-refractivity contribution >= 4 is 28.1 Å². The molecule has 1 aromatic rings. The average molecular weight is 821 g/mol. The highest BCUT2D eigenvalue weighted by Crippen LogP contribution is 2.38. The number of ether oxygens (including phenoxy) is 9. The van der Waals surface area contributed by atoms with E-state index in [0.29, 0.717) is 52.7 Å². The summed E-state index contributed by atoms with van der Waals surface area (Å²) in [5.74, 6) is -2.70. The summed E-state index contributed by atoms with van der Waals surface area (Å²) >= 11 is 0. The van der Waals surface area contributed by atoms with E-state index in [1.165, 1.54) is 32.0 Å². The zero-order valence-corrected chi connectivity index (χ0v) is 33.7. The molecule has 1 aromatic carbocycles. The summed E-state index contributed by atoms with van der Waals surface area (Å²) in [5, 5.41) is 3.37. The van der Waals surface area contributed by atoms with Crippen LogP contribution in [0.25, 0.3) is 10.4 Å². The molecule has 1 aliphatic heterocycles. The smallest absolute Gasteiger partial charge is 0.377 e. The number of unbranched alkanes of at least 4 members (excludes halogenated alkanes) is 1. The second-order valence-electron chi connectivity index (χ2n) is 12.7. The third kappa shape index (κ3) is 20.0. The maximum Gasteiger partial charge on any atom is 0.377 e. The van der Waals surface area contributed by atoms with Crippen LogP contribution in [0.3, 0.4) is 0 Å². The van der Waals surface area contributed by atoms with Crippen LogP contribution >= 0.6 is 0 Å². The van der Waals surface area contributed by atoms with Gasteiger partial charge in [-0.05, 0) is 36.6 Å². The molecule has 20 heteroatoms. The number of esters is 2. The largest absolute Gasteiger partial charge is 0.463 e. The van der Waals surface area contributed by atoms with Crippen LogP contribution in [0.1, 0.15) is 70.7 Å². The molecule has 1 heterocycles. The van der Waals surface area contributed by atoms with Crippen molar-refractivity contribution in [3.8, 4) is 11.5 Å². The minimum absolute atomic E-state index is 0.0371. The highest BCUT2D eigenvalue weighted by Gasteiger charge is 2.45. The van der Waals surface area contributed by atoms with Gasteiger partial charge < -0.3 is 46.8 Å². The standard InChI is InChI=1S/C36H57FN4O14S/c1-6-7-14-46-18-20-49-17-13-40-56(37,45)55-33-24-30(31(44)9-8-15-47-19-22-50-23-21-48-16-12-39-41-38)10-11-32(33)53-36-27(3)26(2)35(52-29(5)43)34(54-36)25-51-28(4)42/h10-11,24,26-27,34-36H,6-9,12-23,25H2,1-5H3/t26-,27-,34-,35-,36+,56?/m1/s1. The summed E-state index contributed by atoms with van der Waals surface area (Å²) in [6.45, 7) is 10.9. The van der Waals surface area contributed by atoms with Crippen molar-refractivity contribution in [3.05, 3.63) is 34.2 Å². The molecule has 56 heavy (non-hydrogen) atoms. The molecule has 1 fully saturated rings. The van der Waals surface area contributed by atoms with Gasteiger partial charge in [0.2, 0.25) is 6.29 Å². The molecule has 0 aliphatic carbocycles. The Morgan fingerprint density at radius 1 is 0.839 bits per heavy atom. The Morgan fingerprint density at radius 2 is 1.45 bits per heavy atom. The number of carbonyl (C=O) groups excluding carboxylic acids is 3. The van der Waals surface area contributed by atoms with Crippen LogP contribution in [0.2, 0.25) is 0 Å². The molecule has 0 aromatic heterocycles. The van der Waals surface area contributed by atoms with Crippen LogP contribution in [-0.2, 0) is 57.9 Å². The van der Waals surface area contributed by atoms with Gasteiger partial charge in [0.1, 0.15) is 18.8 Å². The van der Waals surface area contributed by atoms with E-state index >= 15 is 3.89 Å². The van der Waals surface area contributed by atoms with Crippen LogP contribution in [-0.4, -0.2) is 126 Å². The Balaban J connectivity index is 2.11. The number of halogens is 1. The highest BCUT2D eigenvalue weighted by molar-refractivity contribution is 7.84. The normalized spacial score (nSPS) is 20.3. The van der Waals surface area contributed by atoms with Crippen molar-refractivity contribution in [1.29, 1.82) is 0 Å². The molecule has 0 spiro atoms. The lowest BCUT2D eigenvalue weighted by molar-refractivity contribution is -0.248. The highest BCUT2D eigenvalue weighted by atomic mass is 32.3. The Bertz CT molecular complexity index is 1510. The molecule has 0 radical (unpaired) electrons. The number of benzene rings is 1. The predicted molar refractivity (Wildman–Crippen MR) is 200 cm³/mol. The fraction of sp³-hybridized carbons (Fsp3) is 0.750. The summed E-state index contributed by atoms with van der Waals surface area (Å²) in [5.41, 5.74) is 8.37. The van der Waals surface area contributed by atoms with E-state index in [0.717, 1.165) is 12.8 Å². The average Bonchev–Trinajstić information content (AvgIpc) is 3.15. The molecule has 1 saturated heterocycles. The summed E-state index contributed by atoms with van der Waals surface area (Å²) in [4.78, 5) is 39.3. The van der Waals surface area contributed by atoms with Gasteiger partial charge in [-0.1, -0.05) is 36.2 Å². The summed E-state index contributed by atoms with van der Waals surface area (Å²) < 4.78 is 87.0. The number of Topliss-reactive ketones (excluding diaryl/α,β-unsaturated/α-hetero) is 1. The molecule has 0 amide bonds. The Labute approximate surface area is 328 Å². The number of rotatable bonds is 30. The second-order valence-corrected chi connectivity index (χ2v) is 13.9. The first-order valence-corrected chi connectivity index (χ1v) is 20.0. The predicted octanol–water partition coefficient (Wildman–Crippen LogP) is 5.36. The monoisotopic (exact) mass is 820 g/mol. The lowest BCUT2D eigenvalue weighted by Crippen LogP contribution is -2.54. The number of azide groups is 1. The fourth-order valence-corrected chi connectivity index (χ4v) is 5.86. The maximum atomic E-state index is 15.4. The van der Waals surface area contributed by atoms with Gasteiger partial charge in [-0.15, -0.1) is 0 Å².